The highest BCUT2D eigenvalue weighted by Gasteiger charge is 2.11. The van der Waals surface area contributed by atoms with Crippen molar-refractivity contribution < 1.29 is 13.6 Å². The molecule has 2 aromatic carbocycles. The number of hydrogen-bond donors (Lipinski definition) is 2. The molecule has 0 heterocycles. The van der Waals surface area contributed by atoms with E-state index in [1.807, 2.05) is 0 Å². The van der Waals surface area contributed by atoms with Crippen LogP contribution in [0.25, 0.3) is 0 Å². The summed E-state index contributed by atoms with van der Waals surface area (Å²) in [6, 6.07) is 7.81. The number of nitrogen functional groups attached to an aromatic ring is 1. The first kappa shape index (κ1) is 13.0. The first-order valence-corrected chi connectivity index (χ1v) is 5.60. The van der Waals surface area contributed by atoms with Crippen molar-refractivity contribution in [3.63, 3.8) is 0 Å². The van der Waals surface area contributed by atoms with Gasteiger partial charge in [0.2, 0.25) is 0 Å². The standard InChI is InChI=1S/C14H12F2N2O/c1-8-2-4-10(7-12(8)16)18-14(19)11-6-9(15)3-5-13(11)17/h2-7H,17H2,1H3,(H,18,19). The van der Waals surface area contributed by atoms with Gasteiger partial charge in [0.15, 0.2) is 0 Å². The summed E-state index contributed by atoms with van der Waals surface area (Å²) in [4.78, 5) is 11.9. The van der Waals surface area contributed by atoms with Gasteiger partial charge in [0.05, 0.1) is 5.56 Å². The van der Waals surface area contributed by atoms with Crippen LogP contribution < -0.4 is 11.1 Å². The molecule has 0 saturated carbocycles. The minimum Gasteiger partial charge on any atom is -0.398 e. The molecular formula is C14H12F2N2O. The lowest BCUT2D eigenvalue weighted by Crippen LogP contribution is -2.14. The molecule has 98 valence electrons. The Bertz CT molecular complexity index is 641. The molecule has 0 aliphatic rings. The Morgan fingerprint density at radius 1 is 1.16 bits per heavy atom. The van der Waals surface area contributed by atoms with Crippen molar-refractivity contribution in [1.29, 1.82) is 0 Å². The van der Waals surface area contributed by atoms with Gasteiger partial charge in [-0.25, -0.2) is 8.78 Å². The van der Waals surface area contributed by atoms with Gasteiger partial charge in [-0.15, -0.1) is 0 Å². The van der Waals surface area contributed by atoms with E-state index in [4.69, 9.17) is 5.73 Å². The maximum atomic E-state index is 13.3. The van der Waals surface area contributed by atoms with Gasteiger partial charge in [0.25, 0.3) is 5.91 Å². The average molecular weight is 262 g/mol. The molecule has 1 amide bonds. The number of halogens is 2. The summed E-state index contributed by atoms with van der Waals surface area (Å²) >= 11 is 0. The van der Waals surface area contributed by atoms with E-state index in [9.17, 15) is 13.6 Å². The fourth-order valence-electron chi connectivity index (χ4n) is 1.59. The van der Waals surface area contributed by atoms with Crippen LogP contribution in [-0.2, 0) is 0 Å². The number of benzene rings is 2. The molecule has 0 unspecified atom stereocenters. The van der Waals surface area contributed by atoms with E-state index in [2.05, 4.69) is 5.32 Å². The van der Waals surface area contributed by atoms with Gasteiger partial charge in [-0.1, -0.05) is 6.07 Å². The summed E-state index contributed by atoms with van der Waals surface area (Å²) in [6.45, 7) is 1.62. The SMILES string of the molecule is Cc1ccc(NC(=O)c2cc(F)ccc2N)cc1F. The summed E-state index contributed by atoms with van der Waals surface area (Å²) in [7, 11) is 0. The van der Waals surface area contributed by atoms with Gasteiger partial charge in [-0.3, -0.25) is 4.79 Å². The molecule has 0 bridgehead atoms. The van der Waals surface area contributed by atoms with E-state index in [1.54, 1.807) is 19.1 Å². The van der Waals surface area contributed by atoms with Crippen LogP contribution in [0, 0.1) is 18.6 Å². The van der Waals surface area contributed by atoms with E-state index in [0.29, 0.717) is 5.56 Å². The molecular weight excluding hydrogens is 250 g/mol. The smallest absolute Gasteiger partial charge is 0.257 e. The molecule has 3 nitrogen and oxygen atoms in total. The molecule has 3 N–H and O–H groups in total. The quantitative estimate of drug-likeness (QED) is 0.817. The first-order chi connectivity index (χ1) is 8.97. The average Bonchev–Trinajstić information content (AvgIpc) is 2.36. The summed E-state index contributed by atoms with van der Waals surface area (Å²) in [5.41, 5.74) is 6.53. The van der Waals surface area contributed by atoms with Crippen molar-refractivity contribution in [3.8, 4) is 0 Å². The fourth-order valence-corrected chi connectivity index (χ4v) is 1.59. The van der Waals surface area contributed by atoms with Crippen LogP contribution in [0.1, 0.15) is 15.9 Å². The highest BCUT2D eigenvalue weighted by Crippen LogP contribution is 2.18. The summed E-state index contributed by atoms with van der Waals surface area (Å²) in [6.07, 6.45) is 0. The number of nitrogens with one attached hydrogen (secondary N) is 1. The lowest BCUT2D eigenvalue weighted by Gasteiger charge is -2.08. The van der Waals surface area contributed by atoms with Crippen LogP contribution in [0.2, 0.25) is 0 Å². The molecule has 0 spiro atoms. The molecule has 5 heteroatoms. The zero-order chi connectivity index (χ0) is 14.0. The number of rotatable bonds is 2. The van der Waals surface area contributed by atoms with E-state index < -0.39 is 17.5 Å². The molecule has 0 aliphatic heterocycles. The zero-order valence-corrected chi connectivity index (χ0v) is 10.2. The Balaban J connectivity index is 2.25. The van der Waals surface area contributed by atoms with Crippen LogP contribution in [0.3, 0.4) is 0 Å². The summed E-state index contributed by atoms with van der Waals surface area (Å²) in [5, 5.41) is 2.47. The zero-order valence-electron chi connectivity index (χ0n) is 10.2. The number of amides is 1. The Morgan fingerprint density at radius 3 is 2.58 bits per heavy atom. The lowest BCUT2D eigenvalue weighted by molar-refractivity contribution is 0.102. The number of carbonyl (C=O) groups excluding carboxylic acids is 1. The van der Waals surface area contributed by atoms with Crippen molar-refractivity contribution in [1.82, 2.24) is 0 Å². The van der Waals surface area contributed by atoms with Crippen molar-refractivity contribution in [2.45, 2.75) is 6.92 Å². The second-order valence-electron chi connectivity index (χ2n) is 4.15. The third-order valence-corrected chi connectivity index (χ3v) is 2.69. The van der Waals surface area contributed by atoms with Gasteiger partial charge in [-0.2, -0.15) is 0 Å². The normalized spacial score (nSPS) is 10.3. The molecule has 0 atom stereocenters. The highest BCUT2D eigenvalue weighted by molar-refractivity contribution is 6.07. The predicted octanol–water partition coefficient (Wildman–Crippen LogP) is 3.11. The number of nitrogens with two attached hydrogens (primary N) is 1. The lowest BCUT2D eigenvalue weighted by atomic mass is 10.1. The predicted molar refractivity (Wildman–Crippen MR) is 69.9 cm³/mol. The fraction of sp³-hybridized carbons (Fsp3) is 0.0714. The van der Waals surface area contributed by atoms with Crippen molar-refractivity contribution in [2.24, 2.45) is 0 Å². The van der Waals surface area contributed by atoms with E-state index in [1.165, 1.54) is 12.1 Å². The Morgan fingerprint density at radius 2 is 1.89 bits per heavy atom. The molecule has 0 radical (unpaired) electrons. The second kappa shape index (κ2) is 5.06. The molecule has 0 aliphatic carbocycles. The van der Waals surface area contributed by atoms with Gasteiger partial charge in [0, 0.05) is 11.4 Å². The van der Waals surface area contributed by atoms with Crippen LogP contribution in [-0.4, -0.2) is 5.91 Å². The molecule has 2 aromatic rings. The van der Waals surface area contributed by atoms with E-state index >= 15 is 0 Å². The maximum Gasteiger partial charge on any atom is 0.257 e. The molecule has 0 aromatic heterocycles. The monoisotopic (exact) mass is 262 g/mol. The minimum absolute atomic E-state index is 0.0148. The van der Waals surface area contributed by atoms with Crippen LogP contribution in [0.4, 0.5) is 20.2 Å². The summed E-state index contributed by atoms with van der Waals surface area (Å²) < 4.78 is 26.4. The number of carbonyl (C=O) groups is 1. The third kappa shape index (κ3) is 2.88. The second-order valence-corrected chi connectivity index (χ2v) is 4.15. The third-order valence-electron chi connectivity index (χ3n) is 2.69. The van der Waals surface area contributed by atoms with Gasteiger partial charge in [-0.05, 0) is 42.8 Å². The molecule has 2 rings (SSSR count). The number of hydrogen-bond acceptors (Lipinski definition) is 2. The van der Waals surface area contributed by atoms with Crippen molar-refractivity contribution in [3.05, 3.63) is 59.2 Å². The van der Waals surface area contributed by atoms with Crippen molar-refractivity contribution in [2.75, 3.05) is 11.1 Å². The number of anilines is 2. The number of aryl methyl sites for hydroxylation is 1. The van der Waals surface area contributed by atoms with E-state index in [0.717, 1.165) is 12.1 Å². The van der Waals surface area contributed by atoms with Crippen LogP contribution >= 0.6 is 0 Å². The Labute approximate surface area is 109 Å². The Kier molecular flexibility index (Phi) is 3.46. The van der Waals surface area contributed by atoms with Gasteiger partial charge >= 0.3 is 0 Å². The van der Waals surface area contributed by atoms with Crippen LogP contribution in [0.5, 0.6) is 0 Å². The molecule has 19 heavy (non-hydrogen) atoms. The maximum absolute atomic E-state index is 13.3. The van der Waals surface area contributed by atoms with Gasteiger partial charge in [0.1, 0.15) is 11.6 Å². The van der Waals surface area contributed by atoms with Crippen molar-refractivity contribution >= 4 is 17.3 Å². The topological polar surface area (TPSA) is 55.1 Å². The molecule has 0 saturated heterocycles. The first-order valence-electron chi connectivity index (χ1n) is 5.60. The molecule has 0 fully saturated rings. The highest BCUT2D eigenvalue weighted by atomic mass is 19.1. The van der Waals surface area contributed by atoms with E-state index in [-0.39, 0.29) is 16.9 Å². The summed E-state index contributed by atoms with van der Waals surface area (Å²) in [5.74, 6) is -1.57. The minimum atomic E-state index is -0.583. The largest absolute Gasteiger partial charge is 0.398 e. The van der Waals surface area contributed by atoms with Crippen LogP contribution in [0.15, 0.2) is 36.4 Å². The Hall–Kier alpha value is -2.43. The van der Waals surface area contributed by atoms with Gasteiger partial charge < -0.3 is 11.1 Å².